The molecule has 2 unspecified atom stereocenters. The molecule has 122 valence electrons. The monoisotopic (exact) mass is 304 g/mol. The van der Waals surface area contributed by atoms with Crippen LogP contribution in [0, 0.1) is 5.92 Å². The fraction of sp³-hybridized carbons (Fsp3) is 0.611. The molecule has 2 rings (SSSR count). The Balaban J connectivity index is 1.95. The van der Waals surface area contributed by atoms with E-state index in [0.29, 0.717) is 25.6 Å². The number of hydrogen-bond acceptors (Lipinski definition) is 3. The average molecular weight is 304 g/mol. The van der Waals surface area contributed by atoms with E-state index in [1.54, 1.807) is 0 Å². The number of likely N-dealkylation sites (tertiary alicyclic amines) is 1. The van der Waals surface area contributed by atoms with Crippen molar-refractivity contribution < 1.29 is 9.90 Å². The number of aliphatic hydroxyl groups is 1. The Kier molecular flexibility index (Phi) is 5.98. The highest BCUT2D eigenvalue weighted by molar-refractivity contribution is 5.78. The van der Waals surface area contributed by atoms with Crippen LogP contribution in [-0.4, -0.2) is 52.6 Å². The fourth-order valence-corrected chi connectivity index (χ4v) is 2.88. The number of benzene rings is 1. The summed E-state index contributed by atoms with van der Waals surface area (Å²) in [6.07, 6.45) is 0.637. The highest BCUT2D eigenvalue weighted by Crippen LogP contribution is 2.17. The average Bonchev–Trinajstić information content (AvgIpc) is 2.49. The number of piperidine rings is 1. The lowest BCUT2D eigenvalue weighted by molar-refractivity contribution is -0.135. The van der Waals surface area contributed by atoms with Gasteiger partial charge in [0.15, 0.2) is 0 Å². The number of carbonyl (C=O) groups is 1. The van der Waals surface area contributed by atoms with Crippen molar-refractivity contribution >= 4 is 5.91 Å². The zero-order valence-corrected chi connectivity index (χ0v) is 13.9. The molecule has 1 N–H and O–H groups in total. The molecule has 0 spiro atoms. The summed E-state index contributed by atoms with van der Waals surface area (Å²) in [7, 11) is 0. The van der Waals surface area contributed by atoms with Crippen LogP contribution < -0.4 is 0 Å². The minimum absolute atomic E-state index is 0.139. The fourth-order valence-electron chi connectivity index (χ4n) is 2.88. The molecule has 0 radical (unpaired) electrons. The highest BCUT2D eigenvalue weighted by Gasteiger charge is 2.27. The largest absolute Gasteiger partial charge is 0.392 e. The molecule has 1 aromatic rings. The van der Waals surface area contributed by atoms with E-state index < -0.39 is 0 Å². The van der Waals surface area contributed by atoms with Gasteiger partial charge in [-0.05, 0) is 38.3 Å². The van der Waals surface area contributed by atoms with Crippen molar-refractivity contribution in [3.63, 3.8) is 0 Å². The maximum absolute atomic E-state index is 12.6. The van der Waals surface area contributed by atoms with E-state index in [1.165, 1.54) is 0 Å². The van der Waals surface area contributed by atoms with Gasteiger partial charge >= 0.3 is 0 Å². The first-order valence-corrected chi connectivity index (χ1v) is 8.21. The number of nitrogens with zero attached hydrogens (tertiary/aromatic N) is 2. The highest BCUT2D eigenvalue weighted by atomic mass is 16.3. The molecule has 1 amide bonds. The van der Waals surface area contributed by atoms with Crippen LogP contribution in [0.5, 0.6) is 0 Å². The van der Waals surface area contributed by atoms with E-state index >= 15 is 0 Å². The third-order valence-corrected chi connectivity index (χ3v) is 4.50. The van der Waals surface area contributed by atoms with Crippen LogP contribution in [0.3, 0.4) is 0 Å². The number of β-amino-alcohol motifs (C(OH)–C–C–N with tert-alkyl or cyclic N) is 1. The zero-order valence-electron chi connectivity index (χ0n) is 13.9. The van der Waals surface area contributed by atoms with Crippen LogP contribution in [0.15, 0.2) is 30.3 Å². The normalized spacial score (nSPS) is 22.8. The summed E-state index contributed by atoms with van der Waals surface area (Å²) in [5.41, 5.74) is 1.15. The number of rotatable bonds is 5. The van der Waals surface area contributed by atoms with Gasteiger partial charge < -0.3 is 10.0 Å². The van der Waals surface area contributed by atoms with Gasteiger partial charge in [-0.3, -0.25) is 9.69 Å². The first-order chi connectivity index (χ1) is 10.5. The molecule has 0 aliphatic carbocycles. The third kappa shape index (κ3) is 4.55. The lowest BCUT2D eigenvalue weighted by Gasteiger charge is -2.36. The summed E-state index contributed by atoms with van der Waals surface area (Å²) in [6, 6.07) is 10.3. The number of carbonyl (C=O) groups excluding carboxylic acids is 1. The Labute approximate surface area is 133 Å². The quantitative estimate of drug-likeness (QED) is 0.906. The maximum atomic E-state index is 12.6. The minimum atomic E-state index is -0.317. The molecular formula is C18H28N2O2. The second-order valence-electron chi connectivity index (χ2n) is 6.67. The summed E-state index contributed by atoms with van der Waals surface area (Å²) in [4.78, 5) is 16.6. The van der Waals surface area contributed by atoms with Gasteiger partial charge in [0, 0.05) is 19.1 Å². The third-order valence-electron chi connectivity index (χ3n) is 4.50. The van der Waals surface area contributed by atoms with Gasteiger partial charge in [0.25, 0.3) is 0 Å². The number of hydrogen-bond donors (Lipinski definition) is 1. The maximum Gasteiger partial charge on any atom is 0.237 e. The van der Waals surface area contributed by atoms with Crippen molar-refractivity contribution in [3.8, 4) is 0 Å². The Bertz CT molecular complexity index is 475. The van der Waals surface area contributed by atoms with Crippen LogP contribution in [0.25, 0.3) is 0 Å². The molecule has 0 saturated carbocycles. The van der Waals surface area contributed by atoms with Gasteiger partial charge in [-0.25, -0.2) is 0 Å². The van der Waals surface area contributed by atoms with Crippen molar-refractivity contribution in [2.24, 2.45) is 5.92 Å². The summed E-state index contributed by atoms with van der Waals surface area (Å²) in [5, 5.41) is 9.98. The molecule has 1 aliphatic rings. The van der Waals surface area contributed by atoms with E-state index in [0.717, 1.165) is 18.5 Å². The van der Waals surface area contributed by atoms with Gasteiger partial charge in [0.05, 0.1) is 12.6 Å². The summed E-state index contributed by atoms with van der Waals surface area (Å²) in [6.45, 7) is 8.70. The molecule has 1 saturated heterocycles. The molecule has 22 heavy (non-hydrogen) atoms. The second kappa shape index (κ2) is 7.75. The molecule has 0 bridgehead atoms. The Hall–Kier alpha value is -1.39. The number of aliphatic hydroxyl groups excluding tert-OH is 1. The molecule has 1 fully saturated rings. The lowest BCUT2D eigenvalue weighted by Crippen LogP contribution is -2.49. The Morgan fingerprint density at radius 3 is 2.64 bits per heavy atom. The molecule has 1 aromatic carbocycles. The van der Waals surface area contributed by atoms with Gasteiger partial charge in [-0.2, -0.15) is 0 Å². The molecular weight excluding hydrogens is 276 g/mol. The zero-order chi connectivity index (χ0) is 16.1. The van der Waals surface area contributed by atoms with Gasteiger partial charge in [-0.1, -0.05) is 37.3 Å². The van der Waals surface area contributed by atoms with Crippen molar-refractivity contribution in [1.29, 1.82) is 0 Å². The molecule has 0 aromatic heterocycles. The smallest absolute Gasteiger partial charge is 0.237 e. The van der Waals surface area contributed by atoms with Crippen LogP contribution in [0.4, 0.5) is 0 Å². The van der Waals surface area contributed by atoms with E-state index in [2.05, 4.69) is 24.0 Å². The second-order valence-corrected chi connectivity index (χ2v) is 6.67. The van der Waals surface area contributed by atoms with Crippen molar-refractivity contribution in [3.05, 3.63) is 35.9 Å². The van der Waals surface area contributed by atoms with E-state index in [-0.39, 0.29) is 18.1 Å². The van der Waals surface area contributed by atoms with E-state index in [4.69, 9.17) is 0 Å². The predicted molar refractivity (Wildman–Crippen MR) is 88.4 cm³/mol. The SMILES string of the molecule is CC1CCN(CC(=O)N(Cc2ccccc2)C(C)C)CC1O. The molecule has 4 heteroatoms. The van der Waals surface area contributed by atoms with Crippen LogP contribution >= 0.6 is 0 Å². The first kappa shape index (κ1) is 17.0. The molecule has 1 aliphatic heterocycles. The Morgan fingerprint density at radius 1 is 1.36 bits per heavy atom. The summed E-state index contributed by atoms with van der Waals surface area (Å²) < 4.78 is 0. The van der Waals surface area contributed by atoms with Crippen molar-refractivity contribution in [2.75, 3.05) is 19.6 Å². The standard InChI is InChI=1S/C18H28N2O2/c1-14(2)20(11-16-7-5-4-6-8-16)18(22)13-19-10-9-15(3)17(21)12-19/h4-8,14-15,17,21H,9-13H2,1-3H3. The van der Waals surface area contributed by atoms with Crippen LogP contribution in [0.1, 0.15) is 32.8 Å². The number of amides is 1. The van der Waals surface area contributed by atoms with Gasteiger partial charge in [0.1, 0.15) is 0 Å². The van der Waals surface area contributed by atoms with Gasteiger partial charge in [0.2, 0.25) is 5.91 Å². The molecule has 1 heterocycles. The minimum Gasteiger partial charge on any atom is -0.392 e. The summed E-state index contributed by atoms with van der Waals surface area (Å²) >= 11 is 0. The van der Waals surface area contributed by atoms with Crippen LogP contribution in [-0.2, 0) is 11.3 Å². The van der Waals surface area contributed by atoms with E-state index in [1.807, 2.05) is 36.9 Å². The molecule has 4 nitrogen and oxygen atoms in total. The van der Waals surface area contributed by atoms with Gasteiger partial charge in [-0.15, -0.1) is 0 Å². The van der Waals surface area contributed by atoms with Crippen molar-refractivity contribution in [2.45, 2.75) is 45.9 Å². The van der Waals surface area contributed by atoms with Crippen LogP contribution in [0.2, 0.25) is 0 Å². The topological polar surface area (TPSA) is 43.8 Å². The molecule has 2 atom stereocenters. The predicted octanol–water partition coefficient (Wildman–Crippen LogP) is 2.13. The summed E-state index contributed by atoms with van der Waals surface area (Å²) in [5.74, 6) is 0.470. The van der Waals surface area contributed by atoms with E-state index in [9.17, 15) is 9.90 Å². The lowest BCUT2D eigenvalue weighted by atomic mass is 9.96. The van der Waals surface area contributed by atoms with Crippen molar-refractivity contribution in [1.82, 2.24) is 9.80 Å². The first-order valence-electron chi connectivity index (χ1n) is 8.21. The Morgan fingerprint density at radius 2 is 2.05 bits per heavy atom.